The number of carbonyl (C=O) groups excluding carboxylic acids is 1. The Balaban J connectivity index is 1.71. The van der Waals surface area contributed by atoms with Crippen LogP contribution in [0.2, 0.25) is 0 Å². The molecule has 2 N–H and O–H groups in total. The van der Waals surface area contributed by atoms with Gasteiger partial charge in [-0.25, -0.2) is 9.97 Å². The van der Waals surface area contributed by atoms with E-state index < -0.39 is 0 Å². The monoisotopic (exact) mass is 396 g/mol. The second-order valence-corrected chi connectivity index (χ2v) is 6.32. The van der Waals surface area contributed by atoms with Crippen molar-refractivity contribution in [3.8, 4) is 0 Å². The van der Waals surface area contributed by atoms with Crippen LogP contribution in [-0.4, -0.2) is 15.9 Å². The summed E-state index contributed by atoms with van der Waals surface area (Å²) in [6.45, 7) is 2.09. The van der Waals surface area contributed by atoms with Crippen LogP contribution in [0.5, 0.6) is 0 Å². The fraction of sp³-hybridized carbons (Fsp3) is 0.105. The van der Waals surface area contributed by atoms with E-state index in [4.69, 9.17) is 0 Å². The zero-order valence-electron chi connectivity index (χ0n) is 13.7. The number of aryl methyl sites for hydroxylation is 1. The fourth-order valence-corrected chi connectivity index (χ4v) is 2.49. The van der Waals surface area contributed by atoms with E-state index in [-0.39, 0.29) is 5.91 Å². The molecular weight excluding hydrogens is 380 g/mol. The lowest BCUT2D eigenvalue weighted by Crippen LogP contribution is -2.14. The van der Waals surface area contributed by atoms with Gasteiger partial charge in [0.05, 0.1) is 0 Å². The standard InChI is InChI=1S/C19H17BrN4O/c1-2-13-3-7-15(8-4-13)22-18(25)17-11-12-21-19(24-17)23-16-9-5-14(20)6-10-16/h3-12H,2H2,1H3,(H,22,25)(H,21,23,24). The number of hydrogen-bond acceptors (Lipinski definition) is 4. The van der Waals surface area contributed by atoms with Crippen molar-refractivity contribution in [1.29, 1.82) is 0 Å². The van der Waals surface area contributed by atoms with Crippen LogP contribution in [0.4, 0.5) is 17.3 Å². The Hall–Kier alpha value is -2.73. The van der Waals surface area contributed by atoms with Gasteiger partial charge in [-0.1, -0.05) is 35.0 Å². The first-order valence-electron chi connectivity index (χ1n) is 7.90. The quantitative estimate of drug-likeness (QED) is 0.649. The number of benzene rings is 2. The molecule has 0 aliphatic heterocycles. The summed E-state index contributed by atoms with van der Waals surface area (Å²) in [6, 6.07) is 17.0. The number of amides is 1. The average Bonchev–Trinajstić information content (AvgIpc) is 2.64. The molecule has 0 unspecified atom stereocenters. The third-order valence-electron chi connectivity index (χ3n) is 3.61. The predicted octanol–water partition coefficient (Wildman–Crippen LogP) is 4.80. The zero-order chi connectivity index (χ0) is 17.6. The fourth-order valence-electron chi connectivity index (χ4n) is 2.23. The highest BCUT2D eigenvalue weighted by molar-refractivity contribution is 9.10. The Kier molecular flexibility index (Phi) is 5.40. The van der Waals surface area contributed by atoms with Gasteiger partial charge in [-0.3, -0.25) is 4.79 Å². The largest absolute Gasteiger partial charge is 0.324 e. The molecule has 1 amide bonds. The number of rotatable bonds is 5. The smallest absolute Gasteiger partial charge is 0.274 e. The number of nitrogens with zero attached hydrogens (tertiary/aromatic N) is 2. The molecule has 2 aromatic carbocycles. The average molecular weight is 397 g/mol. The van der Waals surface area contributed by atoms with Crippen LogP contribution < -0.4 is 10.6 Å². The molecule has 5 nitrogen and oxygen atoms in total. The maximum absolute atomic E-state index is 12.4. The lowest BCUT2D eigenvalue weighted by Gasteiger charge is -2.08. The summed E-state index contributed by atoms with van der Waals surface area (Å²) in [5, 5.41) is 5.93. The molecule has 0 saturated heterocycles. The van der Waals surface area contributed by atoms with Crippen molar-refractivity contribution in [3.63, 3.8) is 0 Å². The second-order valence-electron chi connectivity index (χ2n) is 5.40. The Morgan fingerprint density at radius 2 is 1.68 bits per heavy atom. The highest BCUT2D eigenvalue weighted by Crippen LogP contribution is 2.17. The van der Waals surface area contributed by atoms with Crippen molar-refractivity contribution in [2.24, 2.45) is 0 Å². The molecule has 6 heteroatoms. The van der Waals surface area contributed by atoms with E-state index in [2.05, 4.69) is 43.5 Å². The van der Waals surface area contributed by atoms with E-state index in [0.29, 0.717) is 11.6 Å². The molecule has 3 aromatic rings. The number of hydrogen-bond donors (Lipinski definition) is 2. The first-order valence-corrected chi connectivity index (χ1v) is 8.69. The number of halogens is 1. The van der Waals surface area contributed by atoms with E-state index >= 15 is 0 Å². The topological polar surface area (TPSA) is 66.9 Å². The Morgan fingerprint density at radius 3 is 2.36 bits per heavy atom. The predicted molar refractivity (Wildman–Crippen MR) is 103 cm³/mol. The van der Waals surface area contributed by atoms with Gasteiger partial charge in [0.25, 0.3) is 5.91 Å². The number of anilines is 3. The van der Waals surface area contributed by atoms with Crippen LogP contribution in [0.15, 0.2) is 65.3 Å². The first-order chi connectivity index (χ1) is 12.1. The summed E-state index contributed by atoms with van der Waals surface area (Å²) >= 11 is 3.39. The highest BCUT2D eigenvalue weighted by Gasteiger charge is 2.09. The van der Waals surface area contributed by atoms with Crippen LogP contribution in [-0.2, 0) is 6.42 Å². The van der Waals surface area contributed by atoms with Crippen LogP contribution in [0.1, 0.15) is 23.0 Å². The first kappa shape index (κ1) is 17.1. The van der Waals surface area contributed by atoms with Crippen molar-refractivity contribution in [1.82, 2.24) is 9.97 Å². The van der Waals surface area contributed by atoms with E-state index in [1.54, 1.807) is 12.3 Å². The second kappa shape index (κ2) is 7.90. The van der Waals surface area contributed by atoms with Gasteiger partial charge in [-0.05, 0) is 54.4 Å². The van der Waals surface area contributed by atoms with Gasteiger partial charge in [0, 0.05) is 22.0 Å². The van der Waals surface area contributed by atoms with Gasteiger partial charge < -0.3 is 10.6 Å². The van der Waals surface area contributed by atoms with Crippen LogP contribution in [0, 0.1) is 0 Å². The number of aromatic nitrogens is 2. The summed E-state index contributed by atoms with van der Waals surface area (Å²) in [7, 11) is 0. The van der Waals surface area contributed by atoms with Gasteiger partial charge >= 0.3 is 0 Å². The van der Waals surface area contributed by atoms with Crippen molar-refractivity contribution < 1.29 is 4.79 Å². The highest BCUT2D eigenvalue weighted by atomic mass is 79.9. The number of carbonyl (C=O) groups is 1. The number of nitrogens with one attached hydrogen (secondary N) is 2. The third kappa shape index (κ3) is 4.64. The van der Waals surface area contributed by atoms with Gasteiger partial charge in [-0.2, -0.15) is 0 Å². The van der Waals surface area contributed by atoms with Gasteiger partial charge in [0.1, 0.15) is 5.69 Å². The minimum absolute atomic E-state index is 0.273. The maximum atomic E-state index is 12.4. The molecular formula is C19H17BrN4O. The maximum Gasteiger partial charge on any atom is 0.274 e. The minimum atomic E-state index is -0.273. The van der Waals surface area contributed by atoms with Crippen molar-refractivity contribution in [3.05, 3.63) is 76.5 Å². The van der Waals surface area contributed by atoms with E-state index in [0.717, 1.165) is 22.3 Å². The molecule has 25 heavy (non-hydrogen) atoms. The Labute approximate surface area is 154 Å². The summed E-state index contributed by atoms with van der Waals surface area (Å²) in [5.41, 5.74) is 3.11. The van der Waals surface area contributed by atoms with Gasteiger partial charge in [-0.15, -0.1) is 0 Å². The van der Waals surface area contributed by atoms with Gasteiger partial charge in [0.15, 0.2) is 0 Å². The van der Waals surface area contributed by atoms with E-state index in [1.165, 1.54) is 5.56 Å². The minimum Gasteiger partial charge on any atom is -0.324 e. The molecule has 0 aliphatic rings. The molecule has 0 saturated carbocycles. The molecule has 126 valence electrons. The van der Waals surface area contributed by atoms with Crippen molar-refractivity contribution >= 4 is 39.2 Å². The van der Waals surface area contributed by atoms with Gasteiger partial charge in [0.2, 0.25) is 5.95 Å². The summed E-state index contributed by atoms with van der Waals surface area (Å²) < 4.78 is 0.987. The van der Waals surface area contributed by atoms with Crippen LogP contribution in [0.25, 0.3) is 0 Å². The molecule has 0 spiro atoms. The lowest BCUT2D eigenvalue weighted by atomic mass is 10.1. The molecule has 0 aliphatic carbocycles. The zero-order valence-corrected chi connectivity index (χ0v) is 15.2. The third-order valence-corrected chi connectivity index (χ3v) is 4.14. The molecule has 0 atom stereocenters. The molecule has 0 fully saturated rings. The summed E-state index contributed by atoms with van der Waals surface area (Å²) in [6.07, 6.45) is 2.52. The van der Waals surface area contributed by atoms with E-state index in [9.17, 15) is 4.79 Å². The molecule has 0 bridgehead atoms. The van der Waals surface area contributed by atoms with Crippen molar-refractivity contribution in [2.75, 3.05) is 10.6 Å². The molecule has 1 aromatic heterocycles. The summed E-state index contributed by atoms with van der Waals surface area (Å²) in [4.78, 5) is 20.8. The lowest BCUT2D eigenvalue weighted by molar-refractivity contribution is 0.102. The van der Waals surface area contributed by atoms with Crippen molar-refractivity contribution in [2.45, 2.75) is 13.3 Å². The Morgan fingerprint density at radius 1 is 1.00 bits per heavy atom. The molecule has 1 heterocycles. The summed E-state index contributed by atoms with van der Waals surface area (Å²) in [5.74, 6) is 0.0989. The Bertz CT molecular complexity index is 863. The van der Waals surface area contributed by atoms with Crippen LogP contribution >= 0.6 is 15.9 Å². The molecule has 0 radical (unpaired) electrons. The molecule has 3 rings (SSSR count). The normalized spacial score (nSPS) is 10.3. The van der Waals surface area contributed by atoms with Crippen LogP contribution in [0.3, 0.4) is 0 Å². The SMILES string of the molecule is CCc1ccc(NC(=O)c2ccnc(Nc3ccc(Br)cc3)n2)cc1. The van der Waals surface area contributed by atoms with E-state index in [1.807, 2.05) is 48.5 Å².